The molecule has 3 N–H and O–H groups in total. The van der Waals surface area contributed by atoms with Crippen LogP contribution in [0.1, 0.15) is 72.6 Å². The summed E-state index contributed by atoms with van der Waals surface area (Å²) in [5, 5.41) is 15.1. The fourth-order valence-electron chi connectivity index (χ4n) is 5.19. The van der Waals surface area contributed by atoms with Crippen LogP contribution in [0.5, 0.6) is 0 Å². The molecule has 2 atom stereocenters. The number of ether oxygens (including phenoxy) is 1. The minimum Gasteiger partial charge on any atom is -0.478 e. The number of carbonyl (C=O) groups is 4. The van der Waals surface area contributed by atoms with E-state index in [-0.39, 0.29) is 23.6 Å². The Morgan fingerprint density at radius 3 is 2.43 bits per heavy atom. The SMILES string of the molecule is CCOC(=O)c1c(NC(=O)C(Sc2cccc(NC(=O)c3ccccc3C(=O)O)c2)c2ccccc2)sc2c1CCC(C)C2. The number of amides is 2. The van der Waals surface area contributed by atoms with Crippen molar-refractivity contribution in [3.05, 3.63) is 112 Å². The first kappa shape index (κ1) is 31.0. The third kappa shape index (κ3) is 7.03. The number of anilines is 2. The minimum atomic E-state index is -1.19. The molecule has 1 aliphatic carbocycles. The lowest BCUT2D eigenvalue weighted by Crippen LogP contribution is -2.20. The molecule has 1 aliphatic rings. The maximum atomic E-state index is 14.0. The molecule has 1 heterocycles. The molecule has 3 aromatic carbocycles. The molecule has 4 aromatic rings. The predicted octanol–water partition coefficient (Wildman–Crippen LogP) is 7.47. The van der Waals surface area contributed by atoms with Crippen LogP contribution in [0.15, 0.2) is 83.8 Å². The second kappa shape index (κ2) is 13.9. The summed E-state index contributed by atoms with van der Waals surface area (Å²) >= 11 is 2.75. The Labute approximate surface area is 263 Å². The van der Waals surface area contributed by atoms with Crippen LogP contribution >= 0.6 is 23.1 Å². The molecule has 0 saturated carbocycles. The van der Waals surface area contributed by atoms with E-state index in [0.29, 0.717) is 27.1 Å². The number of thioether (sulfide) groups is 1. The fraction of sp³-hybridized carbons (Fsp3) is 0.235. The van der Waals surface area contributed by atoms with E-state index in [2.05, 4.69) is 17.6 Å². The summed E-state index contributed by atoms with van der Waals surface area (Å²) in [4.78, 5) is 53.4. The molecule has 0 saturated heterocycles. The maximum absolute atomic E-state index is 14.0. The van der Waals surface area contributed by atoms with Gasteiger partial charge in [0.2, 0.25) is 5.91 Å². The van der Waals surface area contributed by atoms with Gasteiger partial charge in [-0.1, -0.05) is 55.5 Å². The maximum Gasteiger partial charge on any atom is 0.341 e. The monoisotopic (exact) mass is 628 g/mol. The average Bonchev–Trinajstić information content (AvgIpc) is 3.37. The van der Waals surface area contributed by atoms with Gasteiger partial charge in [0.05, 0.1) is 23.3 Å². The number of hydrogen-bond donors (Lipinski definition) is 3. The number of hydrogen-bond acceptors (Lipinski definition) is 7. The number of thiophene rings is 1. The van der Waals surface area contributed by atoms with E-state index in [0.717, 1.165) is 35.3 Å². The number of aromatic carboxylic acids is 1. The van der Waals surface area contributed by atoms with Crippen LogP contribution in [0, 0.1) is 5.92 Å². The van der Waals surface area contributed by atoms with E-state index >= 15 is 0 Å². The van der Waals surface area contributed by atoms with E-state index in [9.17, 15) is 24.3 Å². The second-order valence-electron chi connectivity index (χ2n) is 10.5. The van der Waals surface area contributed by atoms with Gasteiger partial charge in [-0.15, -0.1) is 23.1 Å². The molecule has 2 unspecified atom stereocenters. The molecule has 44 heavy (non-hydrogen) atoms. The number of esters is 1. The van der Waals surface area contributed by atoms with E-state index in [4.69, 9.17) is 4.74 Å². The van der Waals surface area contributed by atoms with Crippen molar-refractivity contribution in [1.29, 1.82) is 0 Å². The standard InChI is InChI=1S/C34H32N2O6S2/c1-3-42-34(41)28-26-17-16-20(2)18-27(26)44-32(28)36-31(38)29(21-10-5-4-6-11-21)43-23-13-9-12-22(19-23)35-30(37)24-14-7-8-15-25(24)33(39)40/h4-15,19-20,29H,3,16-18H2,1-2H3,(H,35,37)(H,36,38)(H,39,40). The van der Waals surface area contributed by atoms with Gasteiger partial charge in [0.25, 0.3) is 5.91 Å². The second-order valence-corrected chi connectivity index (χ2v) is 12.8. The quantitative estimate of drug-likeness (QED) is 0.123. The number of carboxylic acid groups (broad SMARTS) is 1. The van der Waals surface area contributed by atoms with E-state index in [1.165, 1.54) is 35.2 Å². The van der Waals surface area contributed by atoms with Gasteiger partial charge in [-0.25, -0.2) is 9.59 Å². The number of carbonyl (C=O) groups excluding carboxylic acids is 3. The van der Waals surface area contributed by atoms with Gasteiger partial charge in [-0.05, 0) is 73.6 Å². The molecule has 1 aromatic heterocycles. The van der Waals surface area contributed by atoms with Crippen molar-refractivity contribution in [3.8, 4) is 0 Å². The molecule has 226 valence electrons. The van der Waals surface area contributed by atoms with E-state index in [1.807, 2.05) is 36.4 Å². The average molecular weight is 629 g/mol. The van der Waals surface area contributed by atoms with Crippen LogP contribution in [0.3, 0.4) is 0 Å². The zero-order chi connectivity index (χ0) is 31.2. The smallest absolute Gasteiger partial charge is 0.341 e. The Balaban J connectivity index is 1.41. The summed E-state index contributed by atoms with van der Waals surface area (Å²) in [7, 11) is 0. The summed E-state index contributed by atoms with van der Waals surface area (Å²) in [5.41, 5.74) is 2.60. The van der Waals surface area contributed by atoms with Crippen LogP contribution < -0.4 is 10.6 Å². The topological polar surface area (TPSA) is 122 Å². The van der Waals surface area contributed by atoms with Crippen LogP contribution in [0.25, 0.3) is 0 Å². The van der Waals surface area contributed by atoms with E-state index < -0.39 is 23.1 Å². The molecule has 10 heteroatoms. The molecule has 0 radical (unpaired) electrons. The zero-order valence-corrected chi connectivity index (χ0v) is 25.9. The third-order valence-electron chi connectivity index (χ3n) is 7.32. The summed E-state index contributed by atoms with van der Waals surface area (Å²) in [6.45, 7) is 4.19. The molecule has 0 aliphatic heterocycles. The molecule has 5 rings (SSSR count). The number of carboxylic acids is 1. The van der Waals surface area contributed by atoms with Gasteiger partial charge in [0.15, 0.2) is 0 Å². The van der Waals surface area contributed by atoms with Crippen molar-refractivity contribution in [2.75, 3.05) is 17.2 Å². The van der Waals surface area contributed by atoms with E-state index in [1.54, 1.807) is 37.3 Å². The highest BCUT2D eigenvalue weighted by atomic mass is 32.2. The summed E-state index contributed by atoms with van der Waals surface area (Å²) in [6.07, 6.45) is 2.60. The van der Waals surface area contributed by atoms with Crippen molar-refractivity contribution in [2.24, 2.45) is 5.92 Å². The molecular weight excluding hydrogens is 597 g/mol. The Morgan fingerprint density at radius 2 is 1.70 bits per heavy atom. The number of nitrogens with one attached hydrogen (secondary N) is 2. The predicted molar refractivity (Wildman–Crippen MR) is 173 cm³/mol. The normalized spacial score (nSPS) is 14.6. The summed E-state index contributed by atoms with van der Waals surface area (Å²) in [6, 6.07) is 22.4. The first-order valence-electron chi connectivity index (χ1n) is 14.3. The molecule has 0 fully saturated rings. The third-order valence-corrected chi connectivity index (χ3v) is 9.73. The van der Waals surface area contributed by atoms with Crippen LogP contribution in [-0.4, -0.2) is 35.5 Å². The Bertz CT molecular complexity index is 1700. The van der Waals surface area contributed by atoms with Gasteiger partial charge < -0.3 is 20.5 Å². The molecule has 8 nitrogen and oxygen atoms in total. The van der Waals surface area contributed by atoms with Crippen molar-refractivity contribution in [3.63, 3.8) is 0 Å². The first-order chi connectivity index (χ1) is 21.2. The van der Waals surface area contributed by atoms with Crippen molar-refractivity contribution < 1.29 is 29.0 Å². The minimum absolute atomic E-state index is 0.0463. The van der Waals surface area contributed by atoms with Gasteiger partial charge in [-0.3, -0.25) is 9.59 Å². The molecule has 0 bridgehead atoms. The Hall–Kier alpha value is -4.41. The Morgan fingerprint density at radius 1 is 0.977 bits per heavy atom. The lowest BCUT2D eigenvalue weighted by atomic mass is 9.88. The van der Waals surface area contributed by atoms with Gasteiger partial charge in [0.1, 0.15) is 10.3 Å². The Kier molecular flexibility index (Phi) is 9.82. The lowest BCUT2D eigenvalue weighted by Gasteiger charge is -2.19. The van der Waals surface area contributed by atoms with Gasteiger partial charge in [-0.2, -0.15) is 0 Å². The molecule has 2 amide bonds. The lowest BCUT2D eigenvalue weighted by molar-refractivity contribution is -0.115. The zero-order valence-electron chi connectivity index (χ0n) is 24.3. The highest BCUT2D eigenvalue weighted by Crippen LogP contribution is 2.42. The van der Waals surface area contributed by atoms with Gasteiger partial charge in [0, 0.05) is 15.5 Å². The number of fused-ring (bicyclic) bond motifs is 1. The van der Waals surface area contributed by atoms with Crippen LogP contribution in [0.4, 0.5) is 10.7 Å². The number of benzene rings is 3. The van der Waals surface area contributed by atoms with Crippen molar-refractivity contribution >= 4 is 57.5 Å². The molecular formula is C34H32N2O6S2. The number of rotatable bonds is 10. The van der Waals surface area contributed by atoms with Crippen molar-refractivity contribution in [1.82, 2.24) is 0 Å². The van der Waals surface area contributed by atoms with Crippen LogP contribution in [-0.2, 0) is 22.4 Å². The summed E-state index contributed by atoms with van der Waals surface area (Å²) in [5.74, 6) is -1.96. The van der Waals surface area contributed by atoms with Crippen LogP contribution in [0.2, 0.25) is 0 Å². The fourth-order valence-corrected chi connectivity index (χ4v) is 7.67. The first-order valence-corrected chi connectivity index (χ1v) is 16.0. The highest BCUT2D eigenvalue weighted by molar-refractivity contribution is 8.00. The highest BCUT2D eigenvalue weighted by Gasteiger charge is 2.31. The molecule has 0 spiro atoms. The van der Waals surface area contributed by atoms with Crippen molar-refractivity contribution in [2.45, 2.75) is 43.3 Å². The summed E-state index contributed by atoms with van der Waals surface area (Å²) < 4.78 is 5.38. The van der Waals surface area contributed by atoms with Gasteiger partial charge >= 0.3 is 11.9 Å². The largest absolute Gasteiger partial charge is 0.478 e.